The van der Waals surface area contributed by atoms with E-state index in [0.717, 1.165) is 12.8 Å². The van der Waals surface area contributed by atoms with Gasteiger partial charge in [0.2, 0.25) is 0 Å². The summed E-state index contributed by atoms with van der Waals surface area (Å²) in [5.41, 5.74) is 0.510. The maximum Gasteiger partial charge on any atom is 0.336 e. The average Bonchev–Trinajstić information content (AvgIpc) is 2.41. The molecular formula is C14H19BrN2O4. The van der Waals surface area contributed by atoms with Crippen LogP contribution in [0.15, 0.2) is 22.7 Å². The van der Waals surface area contributed by atoms with Crippen LogP contribution in [0.25, 0.3) is 0 Å². The lowest BCUT2D eigenvalue weighted by Crippen LogP contribution is -2.40. The summed E-state index contributed by atoms with van der Waals surface area (Å²) in [5, 5.41) is 14.5. The van der Waals surface area contributed by atoms with E-state index in [4.69, 9.17) is 9.84 Å². The Balaban J connectivity index is 2.69. The van der Waals surface area contributed by atoms with Crippen LogP contribution in [-0.4, -0.2) is 36.9 Å². The minimum Gasteiger partial charge on any atom is -0.478 e. The molecule has 0 spiro atoms. The standard InChI is InChI=1S/C14H19BrN2O4/c1-3-4-10(8-21-2)17-14(20)16-9-5-6-12(15)11(7-9)13(18)19/h5-7,10H,3-4,8H2,1-2H3,(H,18,19)(H2,16,17,20). The number of nitrogens with one attached hydrogen (secondary N) is 2. The second-order valence-electron chi connectivity index (χ2n) is 4.54. The number of benzene rings is 1. The number of carbonyl (C=O) groups is 2. The van der Waals surface area contributed by atoms with Crippen molar-refractivity contribution in [2.75, 3.05) is 19.0 Å². The smallest absolute Gasteiger partial charge is 0.336 e. The normalized spacial score (nSPS) is 11.8. The molecule has 0 aliphatic heterocycles. The summed E-state index contributed by atoms with van der Waals surface area (Å²) in [6.45, 7) is 2.46. The molecule has 0 fully saturated rings. The Morgan fingerprint density at radius 3 is 2.71 bits per heavy atom. The minimum atomic E-state index is -1.06. The van der Waals surface area contributed by atoms with Crippen molar-refractivity contribution in [3.05, 3.63) is 28.2 Å². The van der Waals surface area contributed by atoms with Crippen LogP contribution in [0.4, 0.5) is 10.5 Å². The Bertz CT molecular complexity index is 502. The largest absolute Gasteiger partial charge is 0.478 e. The summed E-state index contributed by atoms with van der Waals surface area (Å²) in [6, 6.07) is 4.15. The van der Waals surface area contributed by atoms with Gasteiger partial charge in [0.25, 0.3) is 0 Å². The third kappa shape index (κ3) is 5.73. The fourth-order valence-corrected chi connectivity index (χ4v) is 2.28. The lowest BCUT2D eigenvalue weighted by Gasteiger charge is -2.17. The van der Waals surface area contributed by atoms with Gasteiger partial charge in [0.05, 0.1) is 18.2 Å². The molecule has 0 bridgehead atoms. The van der Waals surface area contributed by atoms with Gasteiger partial charge in [-0.2, -0.15) is 0 Å². The number of carbonyl (C=O) groups excluding carboxylic acids is 1. The first-order chi connectivity index (χ1) is 9.97. The molecule has 0 saturated carbocycles. The maximum atomic E-state index is 11.9. The number of rotatable bonds is 7. The quantitative estimate of drug-likeness (QED) is 0.698. The highest BCUT2D eigenvalue weighted by Crippen LogP contribution is 2.21. The van der Waals surface area contributed by atoms with Crippen LogP contribution in [0.2, 0.25) is 0 Å². The summed E-state index contributed by atoms with van der Waals surface area (Å²) in [7, 11) is 1.58. The highest BCUT2D eigenvalue weighted by molar-refractivity contribution is 9.10. The molecule has 116 valence electrons. The number of urea groups is 1. The molecule has 0 aromatic heterocycles. The predicted molar refractivity (Wildman–Crippen MR) is 83.8 cm³/mol. The molecule has 1 atom stereocenters. The third-order valence-electron chi connectivity index (χ3n) is 2.79. The second kappa shape index (κ2) is 8.63. The molecule has 1 aromatic carbocycles. The van der Waals surface area contributed by atoms with Crippen LogP contribution in [-0.2, 0) is 4.74 Å². The van der Waals surface area contributed by atoms with E-state index in [1.807, 2.05) is 6.92 Å². The van der Waals surface area contributed by atoms with Crippen molar-refractivity contribution in [2.45, 2.75) is 25.8 Å². The van der Waals surface area contributed by atoms with Gasteiger partial charge in [-0.05, 0) is 40.5 Å². The van der Waals surface area contributed by atoms with Crippen molar-refractivity contribution < 1.29 is 19.4 Å². The number of methoxy groups -OCH3 is 1. The van der Waals surface area contributed by atoms with E-state index in [1.165, 1.54) is 6.07 Å². The van der Waals surface area contributed by atoms with Gasteiger partial charge in [0.15, 0.2) is 0 Å². The molecule has 0 saturated heterocycles. The molecule has 0 aliphatic carbocycles. The molecule has 2 amide bonds. The zero-order chi connectivity index (χ0) is 15.8. The summed E-state index contributed by atoms with van der Waals surface area (Å²) < 4.78 is 5.51. The van der Waals surface area contributed by atoms with E-state index >= 15 is 0 Å². The number of anilines is 1. The lowest BCUT2D eigenvalue weighted by molar-refractivity contribution is 0.0696. The van der Waals surface area contributed by atoms with Crippen LogP contribution >= 0.6 is 15.9 Å². The van der Waals surface area contributed by atoms with Gasteiger partial charge >= 0.3 is 12.0 Å². The molecule has 1 rings (SSSR count). The molecule has 0 heterocycles. The van der Waals surface area contributed by atoms with Crippen molar-refractivity contribution in [3.8, 4) is 0 Å². The van der Waals surface area contributed by atoms with Crippen molar-refractivity contribution >= 4 is 33.6 Å². The average molecular weight is 359 g/mol. The molecule has 0 radical (unpaired) electrons. The Hall–Kier alpha value is -1.60. The Morgan fingerprint density at radius 2 is 2.14 bits per heavy atom. The third-order valence-corrected chi connectivity index (χ3v) is 3.49. The molecular weight excluding hydrogens is 340 g/mol. The monoisotopic (exact) mass is 358 g/mol. The summed E-state index contributed by atoms with van der Waals surface area (Å²) in [4.78, 5) is 22.9. The minimum absolute atomic E-state index is 0.0746. The van der Waals surface area contributed by atoms with Crippen molar-refractivity contribution in [3.63, 3.8) is 0 Å². The lowest BCUT2D eigenvalue weighted by atomic mass is 10.2. The molecule has 3 N–H and O–H groups in total. The predicted octanol–water partition coefficient (Wildman–Crippen LogP) is 3.08. The molecule has 0 aliphatic rings. The van der Waals surface area contributed by atoms with Crippen LogP contribution in [0, 0.1) is 0 Å². The number of carboxylic acid groups (broad SMARTS) is 1. The Labute approximate surface area is 132 Å². The first kappa shape index (κ1) is 17.5. The zero-order valence-corrected chi connectivity index (χ0v) is 13.6. The number of hydrogen-bond acceptors (Lipinski definition) is 3. The number of amides is 2. The van der Waals surface area contributed by atoms with Gasteiger partial charge in [-0.1, -0.05) is 13.3 Å². The number of carboxylic acids is 1. The van der Waals surface area contributed by atoms with Crippen LogP contribution in [0.1, 0.15) is 30.1 Å². The topological polar surface area (TPSA) is 87.7 Å². The highest BCUT2D eigenvalue weighted by Gasteiger charge is 2.13. The maximum absolute atomic E-state index is 11.9. The van der Waals surface area contributed by atoms with Crippen LogP contribution < -0.4 is 10.6 Å². The zero-order valence-electron chi connectivity index (χ0n) is 12.0. The van der Waals surface area contributed by atoms with Crippen molar-refractivity contribution in [1.29, 1.82) is 0 Å². The summed E-state index contributed by atoms with van der Waals surface area (Å²) in [6.07, 6.45) is 1.73. The Morgan fingerprint density at radius 1 is 1.43 bits per heavy atom. The molecule has 1 unspecified atom stereocenters. The molecule has 1 aromatic rings. The van der Waals surface area contributed by atoms with E-state index in [9.17, 15) is 9.59 Å². The van der Waals surface area contributed by atoms with Crippen LogP contribution in [0.3, 0.4) is 0 Å². The first-order valence-corrected chi connectivity index (χ1v) is 7.36. The second-order valence-corrected chi connectivity index (χ2v) is 5.39. The number of aromatic carboxylic acids is 1. The Kier molecular flexibility index (Phi) is 7.18. The van der Waals surface area contributed by atoms with Crippen LogP contribution in [0.5, 0.6) is 0 Å². The summed E-state index contributed by atoms with van der Waals surface area (Å²) in [5.74, 6) is -1.06. The van der Waals surface area contributed by atoms with Gasteiger partial charge in [-0.3, -0.25) is 0 Å². The SMILES string of the molecule is CCCC(COC)NC(=O)Nc1ccc(Br)c(C(=O)O)c1. The number of hydrogen-bond donors (Lipinski definition) is 3. The van der Waals surface area contributed by atoms with Gasteiger partial charge in [-0.25, -0.2) is 9.59 Å². The number of halogens is 1. The van der Waals surface area contributed by atoms with Crippen molar-refractivity contribution in [2.24, 2.45) is 0 Å². The van der Waals surface area contributed by atoms with Gasteiger partial charge in [0, 0.05) is 17.3 Å². The molecule has 6 nitrogen and oxygen atoms in total. The van der Waals surface area contributed by atoms with E-state index in [-0.39, 0.29) is 17.6 Å². The fraction of sp³-hybridized carbons (Fsp3) is 0.429. The first-order valence-electron chi connectivity index (χ1n) is 6.57. The highest BCUT2D eigenvalue weighted by atomic mass is 79.9. The summed E-state index contributed by atoms with van der Waals surface area (Å²) >= 11 is 3.15. The number of ether oxygens (including phenoxy) is 1. The molecule has 7 heteroatoms. The fourth-order valence-electron chi connectivity index (χ4n) is 1.87. The van der Waals surface area contributed by atoms with E-state index in [0.29, 0.717) is 16.8 Å². The van der Waals surface area contributed by atoms with E-state index in [1.54, 1.807) is 19.2 Å². The van der Waals surface area contributed by atoms with Gasteiger partial charge in [-0.15, -0.1) is 0 Å². The van der Waals surface area contributed by atoms with Gasteiger partial charge < -0.3 is 20.5 Å². The van der Waals surface area contributed by atoms with E-state index < -0.39 is 5.97 Å². The van der Waals surface area contributed by atoms with E-state index in [2.05, 4.69) is 26.6 Å². The van der Waals surface area contributed by atoms with Crippen molar-refractivity contribution in [1.82, 2.24) is 5.32 Å². The molecule has 21 heavy (non-hydrogen) atoms. The van der Waals surface area contributed by atoms with Gasteiger partial charge in [0.1, 0.15) is 0 Å².